The fourth-order valence-corrected chi connectivity index (χ4v) is 5.64. The molecular formula is C22H24N2O3S. The standard InChI is InChI=1S/C22H24N2O3S/c25-21(23-11-4-1-5-12-23)18-14-24(16-8-2-3-9-17(16)27-18)22(26)20-13-15-7-6-10-19(15)28-20/h2-3,8-9,13,18H,1,4-7,10-12,14H2/t18-/m0/s1. The molecule has 5 nitrogen and oxygen atoms in total. The monoisotopic (exact) mass is 396 g/mol. The second-order valence-electron chi connectivity index (χ2n) is 7.79. The number of hydrogen-bond acceptors (Lipinski definition) is 4. The van der Waals surface area contributed by atoms with Gasteiger partial charge in [0.15, 0.2) is 6.10 Å². The lowest BCUT2D eigenvalue weighted by atomic mass is 10.1. The third-order valence-corrected chi connectivity index (χ3v) is 7.14. The van der Waals surface area contributed by atoms with Gasteiger partial charge in [0.2, 0.25) is 0 Å². The molecule has 28 heavy (non-hydrogen) atoms. The Morgan fingerprint density at radius 3 is 2.68 bits per heavy atom. The number of likely N-dealkylation sites (tertiary alicyclic amines) is 1. The molecule has 5 rings (SSSR count). The number of amides is 2. The van der Waals surface area contributed by atoms with Gasteiger partial charge in [-0.3, -0.25) is 14.5 Å². The summed E-state index contributed by atoms with van der Waals surface area (Å²) in [7, 11) is 0. The molecule has 0 radical (unpaired) electrons. The van der Waals surface area contributed by atoms with Crippen molar-refractivity contribution in [3.05, 3.63) is 45.6 Å². The van der Waals surface area contributed by atoms with Crippen LogP contribution in [0.15, 0.2) is 30.3 Å². The fraction of sp³-hybridized carbons (Fsp3) is 0.455. The van der Waals surface area contributed by atoms with E-state index in [0.717, 1.165) is 49.3 Å². The van der Waals surface area contributed by atoms with Crippen LogP contribution in [0.3, 0.4) is 0 Å². The molecule has 1 aromatic heterocycles. The molecule has 1 fully saturated rings. The highest BCUT2D eigenvalue weighted by Crippen LogP contribution is 2.37. The molecule has 0 spiro atoms. The molecular weight excluding hydrogens is 372 g/mol. The first-order chi connectivity index (χ1) is 13.7. The summed E-state index contributed by atoms with van der Waals surface area (Å²) in [6, 6.07) is 9.59. The molecule has 0 N–H and O–H groups in total. The van der Waals surface area contributed by atoms with Crippen molar-refractivity contribution in [2.45, 2.75) is 44.6 Å². The van der Waals surface area contributed by atoms with Crippen LogP contribution in [0.25, 0.3) is 0 Å². The molecule has 1 aliphatic carbocycles. The number of nitrogens with zero attached hydrogens (tertiary/aromatic N) is 2. The quantitative estimate of drug-likeness (QED) is 0.778. The lowest BCUT2D eigenvalue weighted by molar-refractivity contribution is -0.139. The van der Waals surface area contributed by atoms with Gasteiger partial charge >= 0.3 is 0 Å². The molecule has 2 aliphatic heterocycles. The summed E-state index contributed by atoms with van der Waals surface area (Å²) in [4.78, 5) is 32.2. The zero-order valence-corrected chi connectivity index (χ0v) is 16.7. The van der Waals surface area contributed by atoms with E-state index in [9.17, 15) is 9.59 Å². The van der Waals surface area contributed by atoms with Crippen molar-refractivity contribution in [2.24, 2.45) is 0 Å². The molecule has 0 saturated carbocycles. The van der Waals surface area contributed by atoms with E-state index in [1.165, 1.54) is 23.3 Å². The summed E-state index contributed by atoms with van der Waals surface area (Å²) < 4.78 is 6.04. The number of thiophene rings is 1. The van der Waals surface area contributed by atoms with E-state index >= 15 is 0 Å². The molecule has 2 aromatic rings. The summed E-state index contributed by atoms with van der Waals surface area (Å²) in [5.41, 5.74) is 2.07. The minimum Gasteiger partial charge on any atom is -0.476 e. The van der Waals surface area contributed by atoms with Gasteiger partial charge in [0.1, 0.15) is 5.75 Å². The Labute approximate surface area is 168 Å². The Kier molecular flexibility index (Phi) is 4.59. The minimum absolute atomic E-state index is 0.000627. The van der Waals surface area contributed by atoms with Crippen molar-refractivity contribution in [1.82, 2.24) is 4.90 Å². The van der Waals surface area contributed by atoms with E-state index in [1.807, 2.05) is 29.2 Å². The second-order valence-corrected chi connectivity index (χ2v) is 8.93. The molecule has 1 saturated heterocycles. The van der Waals surface area contributed by atoms with Gasteiger partial charge in [0.25, 0.3) is 11.8 Å². The number of hydrogen-bond donors (Lipinski definition) is 0. The fourth-order valence-electron chi connectivity index (χ4n) is 4.44. The van der Waals surface area contributed by atoms with Crippen LogP contribution in [0.2, 0.25) is 0 Å². The lowest BCUT2D eigenvalue weighted by Gasteiger charge is -2.37. The van der Waals surface area contributed by atoms with E-state index < -0.39 is 6.10 Å². The van der Waals surface area contributed by atoms with Crippen LogP contribution in [0.4, 0.5) is 5.69 Å². The van der Waals surface area contributed by atoms with Gasteiger partial charge in [-0.2, -0.15) is 0 Å². The number of aryl methyl sites for hydroxylation is 2. The molecule has 1 atom stereocenters. The number of carbonyl (C=O) groups excluding carboxylic acids is 2. The highest BCUT2D eigenvalue weighted by atomic mass is 32.1. The summed E-state index contributed by atoms with van der Waals surface area (Å²) >= 11 is 1.61. The van der Waals surface area contributed by atoms with E-state index in [2.05, 4.69) is 6.07 Å². The number of fused-ring (bicyclic) bond motifs is 2. The number of ether oxygens (including phenoxy) is 1. The number of carbonyl (C=O) groups is 2. The first-order valence-corrected chi connectivity index (χ1v) is 11.0. The number of benzene rings is 1. The number of rotatable bonds is 2. The van der Waals surface area contributed by atoms with Crippen molar-refractivity contribution < 1.29 is 14.3 Å². The average Bonchev–Trinajstić information content (AvgIpc) is 3.35. The summed E-state index contributed by atoms with van der Waals surface area (Å²) in [5, 5.41) is 0. The number of piperidine rings is 1. The van der Waals surface area contributed by atoms with Crippen molar-refractivity contribution >= 4 is 28.8 Å². The molecule has 6 heteroatoms. The molecule has 3 aliphatic rings. The third kappa shape index (κ3) is 3.09. The predicted molar refractivity (Wildman–Crippen MR) is 109 cm³/mol. The van der Waals surface area contributed by atoms with Gasteiger partial charge in [0.05, 0.1) is 17.1 Å². The van der Waals surface area contributed by atoms with Crippen LogP contribution in [-0.4, -0.2) is 42.5 Å². The Morgan fingerprint density at radius 1 is 1.04 bits per heavy atom. The first kappa shape index (κ1) is 17.7. The Morgan fingerprint density at radius 2 is 1.86 bits per heavy atom. The maximum absolute atomic E-state index is 13.4. The summed E-state index contributed by atoms with van der Waals surface area (Å²) in [5.74, 6) is 0.592. The average molecular weight is 397 g/mol. The Balaban J connectivity index is 1.43. The van der Waals surface area contributed by atoms with E-state index in [4.69, 9.17) is 4.74 Å². The summed E-state index contributed by atoms with van der Waals surface area (Å²) in [6.45, 7) is 1.84. The maximum atomic E-state index is 13.4. The van der Waals surface area contributed by atoms with Crippen molar-refractivity contribution in [3.8, 4) is 5.75 Å². The summed E-state index contributed by atoms with van der Waals surface area (Å²) in [6.07, 6.45) is 5.94. The van der Waals surface area contributed by atoms with Crippen LogP contribution in [0.1, 0.15) is 45.8 Å². The topological polar surface area (TPSA) is 49.9 Å². The first-order valence-electron chi connectivity index (χ1n) is 10.2. The molecule has 146 valence electrons. The normalized spacial score (nSPS) is 21.1. The molecule has 3 heterocycles. The van der Waals surface area contributed by atoms with Crippen LogP contribution >= 0.6 is 11.3 Å². The predicted octanol–water partition coefficient (Wildman–Crippen LogP) is 3.66. The second kappa shape index (κ2) is 7.24. The number of para-hydroxylation sites is 2. The van der Waals surface area contributed by atoms with Crippen LogP contribution < -0.4 is 9.64 Å². The molecule has 0 unspecified atom stereocenters. The van der Waals surface area contributed by atoms with Crippen LogP contribution in [-0.2, 0) is 17.6 Å². The van der Waals surface area contributed by atoms with Gasteiger partial charge in [-0.25, -0.2) is 0 Å². The van der Waals surface area contributed by atoms with Gasteiger partial charge in [-0.15, -0.1) is 11.3 Å². The maximum Gasteiger partial charge on any atom is 0.268 e. The van der Waals surface area contributed by atoms with Gasteiger partial charge in [-0.05, 0) is 62.3 Å². The van der Waals surface area contributed by atoms with Gasteiger partial charge < -0.3 is 9.64 Å². The molecule has 0 bridgehead atoms. The molecule has 2 amide bonds. The highest BCUT2D eigenvalue weighted by Gasteiger charge is 2.37. The van der Waals surface area contributed by atoms with E-state index in [-0.39, 0.29) is 18.4 Å². The third-order valence-electron chi connectivity index (χ3n) is 5.92. The van der Waals surface area contributed by atoms with Crippen LogP contribution in [0, 0.1) is 0 Å². The van der Waals surface area contributed by atoms with Crippen molar-refractivity contribution in [1.29, 1.82) is 0 Å². The van der Waals surface area contributed by atoms with E-state index in [1.54, 1.807) is 16.2 Å². The highest BCUT2D eigenvalue weighted by molar-refractivity contribution is 7.14. The molecule has 1 aromatic carbocycles. The lowest BCUT2D eigenvalue weighted by Crippen LogP contribution is -2.52. The van der Waals surface area contributed by atoms with Crippen molar-refractivity contribution in [3.63, 3.8) is 0 Å². The van der Waals surface area contributed by atoms with Gasteiger partial charge in [0, 0.05) is 18.0 Å². The van der Waals surface area contributed by atoms with Crippen LogP contribution in [0.5, 0.6) is 5.75 Å². The Bertz CT molecular complexity index is 895. The smallest absolute Gasteiger partial charge is 0.268 e. The SMILES string of the molecule is O=C([C@@H]1CN(C(=O)c2cc3c(s2)CCC3)c2ccccc2O1)N1CCCCC1. The zero-order valence-electron chi connectivity index (χ0n) is 15.9. The van der Waals surface area contributed by atoms with Gasteiger partial charge in [-0.1, -0.05) is 12.1 Å². The van der Waals surface area contributed by atoms with E-state index in [0.29, 0.717) is 5.75 Å². The zero-order chi connectivity index (χ0) is 19.1. The largest absolute Gasteiger partial charge is 0.476 e. The Hall–Kier alpha value is -2.34. The number of anilines is 1. The van der Waals surface area contributed by atoms with Crippen molar-refractivity contribution in [2.75, 3.05) is 24.5 Å². The minimum atomic E-state index is -0.635.